The SMILES string of the molecule is [2H]C(=O)OCc1ccc(O[C@@H]2OC(C(=O)O)=C[C@H](O)[C@H]2O)c(NC(=O)CCNC(=O)[C@@H](N)CCCCNC(=O)CCOC)c1.[2H]C(=O)OCc1ccc(O[C@@H]2O[C@H](C(=O)O)[C@@H](O)[C@H](O)[C@H]2O)c(NC(=O)CCNC(=O)[C@@H](N)CCCCNC(=O)CCOC)c1. The lowest BCUT2D eigenvalue weighted by Gasteiger charge is -2.38. The summed E-state index contributed by atoms with van der Waals surface area (Å²) in [6.45, 7) is 0.728. The molecule has 484 valence electrons. The van der Waals surface area contributed by atoms with Gasteiger partial charge in [0.15, 0.2) is 14.9 Å². The number of nitrogens with two attached hydrogens (primary N) is 2. The summed E-state index contributed by atoms with van der Waals surface area (Å²) in [7, 11) is 3.01. The molecule has 33 heteroatoms. The number of rotatable bonds is 36. The molecular weight excluding hydrogens is 1160 g/mol. The van der Waals surface area contributed by atoms with Gasteiger partial charge in [-0.15, -0.1) is 0 Å². The van der Waals surface area contributed by atoms with Crippen LogP contribution in [0.25, 0.3) is 0 Å². The third-order valence-electron chi connectivity index (χ3n) is 12.5. The summed E-state index contributed by atoms with van der Waals surface area (Å²) in [5.41, 5.74) is 12.5. The Hall–Kier alpha value is -8.12. The van der Waals surface area contributed by atoms with Gasteiger partial charge in [0, 0.05) is 66.1 Å². The number of carboxylic acids is 2. The van der Waals surface area contributed by atoms with E-state index in [0.29, 0.717) is 76.0 Å². The molecule has 33 nitrogen and oxygen atoms in total. The van der Waals surface area contributed by atoms with Crippen LogP contribution in [0.15, 0.2) is 48.2 Å². The van der Waals surface area contributed by atoms with Gasteiger partial charge in [-0.2, -0.15) is 0 Å². The molecule has 6 amide bonds. The minimum atomic E-state index is -1.94. The number of carbonyl (C=O) groups is 10. The molecule has 2 heterocycles. The van der Waals surface area contributed by atoms with Crippen molar-refractivity contribution in [3.63, 3.8) is 0 Å². The monoisotopic (exact) mass is 1240 g/mol. The van der Waals surface area contributed by atoms with Crippen LogP contribution in [0.3, 0.4) is 0 Å². The average molecular weight is 1240 g/mol. The first kappa shape index (κ1) is 69.6. The summed E-state index contributed by atoms with van der Waals surface area (Å²) in [5.74, 6) is -6.43. The fourth-order valence-electron chi connectivity index (χ4n) is 7.77. The first-order chi connectivity index (χ1) is 42.2. The van der Waals surface area contributed by atoms with Crippen molar-refractivity contribution in [1.29, 1.82) is 0 Å². The molecule has 0 saturated carbocycles. The van der Waals surface area contributed by atoms with Gasteiger partial charge in [-0.25, -0.2) is 9.59 Å². The highest BCUT2D eigenvalue weighted by atomic mass is 16.7. The third kappa shape index (κ3) is 26.6. The first-order valence-corrected chi connectivity index (χ1v) is 27.2. The number of aliphatic carboxylic acids is 2. The molecule has 2 aliphatic heterocycles. The zero-order valence-electron chi connectivity index (χ0n) is 49.7. The number of unbranched alkanes of at least 4 members (excludes halogenated alkanes) is 2. The summed E-state index contributed by atoms with van der Waals surface area (Å²) in [4.78, 5) is 118. The molecule has 0 aliphatic carbocycles. The van der Waals surface area contributed by atoms with Crippen LogP contribution in [0.4, 0.5) is 11.4 Å². The van der Waals surface area contributed by atoms with Crippen molar-refractivity contribution in [2.75, 3.05) is 64.2 Å². The molecule has 2 aromatic carbocycles. The number of amides is 6. The van der Waals surface area contributed by atoms with Crippen LogP contribution >= 0.6 is 0 Å². The molecular formula is C54H78N8O25. The number of carboxylic acid groups (broad SMARTS) is 2. The van der Waals surface area contributed by atoms with Crippen LogP contribution in [0.5, 0.6) is 11.5 Å². The predicted octanol–water partition coefficient (Wildman–Crippen LogP) is -3.39. The molecule has 0 unspecified atom stereocenters. The maximum Gasteiger partial charge on any atom is 0.371 e. The van der Waals surface area contributed by atoms with E-state index in [0.717, 1.165) is 6.08 Å². The second kappa shape index (κ2) is 39.6. The molecule has 4 rings (SSSR count). The van der Waals surface area contributed by atoms with Crippen LogP contribution < -0.4 is 52.8 Å². The number of aliphatic hydroxyl groups excluding tert-OH is 5. The molecule has 1 saturated heterocycles. The van der Waals surface area contributed by atoms with E-state index in [9.17, 15) is 83.7 Å². The number of hydrogen-bond donors (Lipinski definition) is 15. The summed E-state index contributed by atoms with van der Waals surface area (Å²) in [6.07, 6.45) is -12.9. The number of benzene rings is 2. The quantitative estimate of drug-likeness (QED) is 0.0234. The standard InChI is InChI=1S/C27H40N4O13.C27H38N4O12/c1-41-11-8-19(33)29-9-3-2-4-16(28)25(38)30-10-7-20(34)31-17-12-15(13-42-14-32)5-6-18(17)43-27-23(37)21(35)22(36)24(44-27)26(39)40;1-40-11-8-22(34)29-9-3-2-4-17(28)25(37)30-10-7-23(35)31-18-12-16(14-41-15-32)5-6-20(18)42-27-24(36)19(33)13-21(43-27)26(38)39/h5-6,12,14,16,21-24,27,35-37H,2-4,7-11,13,28H2,1H3,(H,29,33)(H,30,38)(H,31,34)(H,39,40);5-6,12-13,15,17,19,24,27,33,36H,2-4,7-11,14,28H2,1H3,(H,29,34)(H,30,37)(H,31,35)(H,38,39)/t16-,21-,22-,23+,24-,27+;17-,19-,24+,27+/m00/s1/i14D;15D. The Kier molecular flexibility index (Phi) is 31.7. The lowest BCUT2D eigenvalue weighted by Crippen LogP contribution is -2.61. The Bertz CT molecular complexity index is 2730. The molecule has 10 atom stereocenters. The van der Waals surface area contributed by atoms with Crippen molar-refractivity contribution >= 4 is 71.7 Å². The zero-order valence-corrected chi connectivity index (χ0v) is 47.7. The summed E-state index contributed by atoms with van der Waals surface area (Å²) in [5, 5.41) is 84.6. The Labute approximate surface area is 501 Å². The van der Waals surface area contributed by atoms with E-state index in [4.69, 9.17) is 42.6 Å². The Morgan fingerprint density at radius 1 is 0.598 bits per heavy atom. The predicted molar refractivity (Wildman–Crippen MR) is 298 cm³/mol. The smallest absolute Gasteiger partial charge is 0.371 e. The molecule has 2 aliphatic rings. The molecule has 1 fully saturated rings. The fraction of sp³-hybridized carbons (Fsp3) is 0.556. The summed E-state index contributed by atoms with van der Waals surface area (Å²) in [6, 6.07) is 6.42. The van der Waals surface area contributed by atoms with Gasteiger partial charge in [0.05, 0.1) is 36.7 Å². The van der Waals surface area contributed by atoms with Crippen molar-refractivity contribution < 1.29 is 124 Å². The van der Waals surface area contributed by atoms with E-state index in [1.807, 2.05) is 0 Å². The van der Waals surface area contributed by atoms with E-state index < -0.39 is 116 Å². The van der Waals surface area contributed by atoms with E-state index in [2.05, 4.69) is 41.4 Å². The fourth-order valence-corrected chi connectivity index (χ4v) is 7.77. The maximum absolute atomic E-state index is 12.7. The summed E-state index contributed by atoms with van der Waals surface area (Å²) < 4.78 is 54.1. The van der Waals surface area contributed by atoms with Crippen molar-refractivity contribution in [2.24, 2.45) is 11.5 Å². The Morgan fingerprint density at radius 3 is 1.48 bits per heavy atom. The lowest BCUT2D eigenvalue weighted by atomic mass is 9.99. The maximum atomic E-state index is 12.7. The van der Waals surface area contributed by atoms with E-state index in [1.165, 1.54) is 50.6 Å². The van der Waals surface area contributed by atoms with Crippen molar-refractivity contribution in [3.05, 3.63) is 59.4 Å². The second-order valence-corrected chi connectivity index (χ2v) is 19.2. The van der Waals surface area contributed by atoms with Gasteiger partial charge in [-0.05, 0) is 80.0 Å². The first-order valence-electron chi connectivity index (χ1n) is 28.2. The molecule has 0 spiro atoms. The largest absolute Gasteiger partial charge is 0.479 e. The molecule has 17 N–H and O–H groups in total. The van der Waals surface area contributed by atoms with Gasteiger partial charge in [0.2, 0.25) is 47.5 Å². The van der Waals surface area contributed by atoms with Crippen LogP contribution in [0.2, 0.25) is 0 Å². The average Bonchev–Trinajstić information content (AvgIpc) is 2.96. The molecule has 0 bridgehead atoms. The number of methoxy groups -OCH3 is 2. The number of anilines is 2. The third-order valence-corrected chi connectivity index (χ3v) is 12.5. The minimum Gasteiger partial charge on any atom is -0.479 e. The van der Waals surface area contributed by atoms with Gasteiger partial charge in [-0.1, -0.05) is 12.1 Å². The minimum absolute atomic E-state index is 0.00239. The second-order valence-electron chi connectivity index (χ2n) is 19.2. The highest BCUT2D eigenvalue weighted by Crippen LogP contribution is 2.33. The van der Waals surface area contributed by atoms with Crippen LogP contribution in [0.1, 0.15) is 78.1 Å². The van der Waals surface area contributed by atoms with Crippen LogP contribution in [0, 0.1) is 0 Å². The number of ether oxygens (including phenoxy) is 8. The molecule has 87 heavy (non-hydrogen) atoms. The van der Waals surface area contributed by atoms with Gasteiger partial charge in [0.25, 0.3) is 19.2 Å². The molecule has 0 aromatic heterocycles. The molecule has 2 aromatic rings. The number of nitrogens with one attached hydrogen (secondary N) is 6. The zero-order chi connectivity index (χ0) is 66.2. The highest BCUT2D eigenvalue weighted by Gasteiger charge is 2.48. The molecule has 0 radical (unpaired) electrons. The van der Waals surface area contributed by atoms with Gasteiger partial charge < -0.3 is 117 Å². The van der Waals surface area contributed by atoms with Crippen molar-refractivity contribution in [1.82, 2.24) is 21.3 Å². The van der Waals surface area contributed by atoms with E-state index >= 15 is 0 Å². The number of aliphatic hydroxyl groups is 5. The topological polar surface area (TPSA) is 510 Å². The normalized spacial score (nSPS) is 20.4. The van der Waals surface area contributed by atoms with Crippen molar-refractivity contribution in [2.45, 2.75) is 139 Å². The van der Waals surface area contributed by atoms with Gasteiger partial charge in [0.1, 0.15) is 49.1 Å². The lowest BCUT2D eigenvalue weighted by molar-refractivity contribution is -0.271. The highest BCUT2D eigenvalue weighted by molar-refractivity contribution is 5.94. The van der Waals surface area contributed by atoms with E-state index in [1.54, 1.807) is 0 Å². The number of hydrogen-bond acceptors (Lipinski definition) is 25. The summed E-state index contributed by atoms with van der Waals surface area (Å²) >= 11 is 0. The Morgan fingerprint density at radius 2 is 1.06 bits per heavy atom. The van der Waals surface area contributed by atoms with Crippen LogP contribution in [-0.2, 0) is 89.6 Å². The Balaban J connectivity index is 0.000000465. The van der Waals surface area contributed by atoms with Gasteiger partial charge >= 0.3 is 11.9 Å². The van der Waals surface area contributed by atoms with E-state index in [-0.39, 0.29) is 86.7 Å². The van der Waals surface area contributed by atoms with Gasteiger partial charge in [-0.3, -0.25) is 38.4 Å². The number of carbonyl (C=O) groups excluding carboxylic acids is 8. The van der Waals surface area contributed by atoms with Crippen molar-refractivity contribution in [3.8, 4) is 11.5 Å². The van der Waals surface area contributed by atoms with Crippen LogP contribution in [-0.4, -0.2) is 211 Å².